The Balaban J connectivity index is 1.72. The van der Waals surface area contributed by atoms with Gasteiger partial charge in [0.05, 0.1) is 5.52 Å². The van der Waals surface area contributed by atoms with Crippen molar-refractivity contribution in [2.24, 2.45) is 0 Å². The van der Waals surface area contributed by atoms with Crippen molar-refractivity contribution in [3.63, 3.8) is 0 Å². The molecule has 0 saturated heterocycles. The molecule has 2 N–H and O–H groups in total. The Labute approximate surface area is 159 Å². The second-order valence-corrected chi connectivity index (χ2v) is 6.94. The van der Waals surface area contributed by atoms with E-state index >= 15 is 0 Å². The Hall–Kier alpha value is -3.67. The van der Waals surface area contributed by atoms with E-state index in [-0.39, 0.29) is 17.0 Å². The van der Waals surface area contributed by atoms with Crippen molar-refractivity contribution in [1.29, 1.82) is 0 Å². The zero-order chi connectivity index (χ0) is 19.8. The number of fused-ring (bicyclic) bond motifs is 2. The number of carbonyl (C=O) groups is 1. The monoisotopic (exact) mass is 374 g/mol. The number of nitrogens with one attached hydrogen (secondary N) is 2. The summed E-state index contributed by atoms with van der Waals surface area (Å²) >= 11 is 0. The lowest BCUT2D eigenvalue weighted by atomic mass is 9.99. The first-order valence-electron chi connectivity index (χ1n) is 8.93. The molecule has 0 fully saturated rings. The van der Waals surface area contributed by atoms with Crippen molar-refractivity contribution in [1.82, 2.24) is 4.98 Å². The average molecular weight is 374 g/mol. The van der Waals surface area contributed by atoms with Crippen LogP contribution in [0.15, 0.2) is 68.6 Å². The number of amides is 1. The molecule has 0 bridgehead atoms. The number of aromatic amines is 1. The van der Waals surface area contributed by atoms with Crippen LogP contribution in [0.1, 0.15) is 35.7 Å². The van der Waals surface area contributed by atoms with Crippen LogP contribution in [0.5, 0.6) is 0 Å². The van der Waals surface area contributed by atoms with Crippen molar-refractivity contribution in [2.45, 2.75) is 19.8 Å². The summed E-state index contributed by atoms with van der Waals surface area (Å²) in [5.41, 5.74) is 1.48. The summed E-state index contributed by atoms with van der Waals surface area (Å²) in [6.07, 6.45) is 0. The number of benzene rings is 2. The third-order valence-corrected chi connectivity index (χ3v) is 4.64. The lowest BCUT2D eigenvalue weighted by molar-refractivity contribution is 0.102. The van der Waals surface area contributed by atoms with Crippen LogP contribution in [0.3, 0.4) is 0 Å². The molecule has 28 heavy (non-hydrogen) atoms. The molecule has 0 saturated carbocycles. The van der Waals surface area contributed by atoms with Crippen LogP contribution in [-0.2, 0) is 0 Å². The molecule has 2 aromatic heterocycles. The van der Waals surface area contributed by atoms with Gasteiger partial charge in [-0.25, -0.2) is 4.79 Å². The third-order valence-electron chi connectivity index (χ3n) is 4.64. The summed E-state index contributed by atoms with van der Waals surface area (Å²) in [6.45, 7) is 4.03. The summed E-state index contributed by atoms with van der Waals surface area (Å²) in [5, 5.41) is 4.28. The molecular formula is C22H18N2O4. The molecule has 0 spiro atoms. The van der Waals surface area contributed by atoms with Gasteiger partial charge in [-0.05, 0) is 35.7 Å². The minimum atomic E-state index is -0.701. The molecule has 4 aromatic rings. The SMILES string of the molecule is CC(C)c1cc(=O)[nH]c2cc(NC(=O)c3cc4ccccc4oc3=O)ccc12. The molecule has 2 aromatic carbocycles. The highest BCUT2D eigenvalue weighted by Gasteiger charge is 2.15. The first-order chi connectivity index (χ1) is 13.4. The highest BCUT2D eigenvalue weighted by molar-refractivity contribution is 6.06. The Bertz CT molecular complexity index is 1330. The van der Waals surface area contributed by atoms with Gasteiger partial charge >= 0.3 is 5.63 Å². The first-order valence-corrected chi connectivity index (χ1v) is 8.93. The van der Waals surface area contributed by atoms with Gasteiger partial charge < -0.3 is 14.7 Å². The summed E-state index contributed by atoms with van der Waals surface area (Å²) < 4.78 is 5.22. The van der Waals surface area contributed by atoms with Gasteiger partial charge in [-0.1, -0.05) is 38.1 Å². The molecule has 6 heteroatoms. The van der Waals surface area contributed by atoms with E-state index in [2.05, 4.69) is 10.3 Å². The number of aromatic nitrogens is 1. The number of pyridine rings is 1. The number of H-pyrrole nitrogens is 1. The zero-order valence-electron chi connectivity index (χ0n) is 15.4. The minimum absolute atomic E-state index is 0.0804. The van der Waals surface area contributed by atoms with Gasteiger partial charge in [0.2, 0.25) is 5.56 Å². The van der Waals surface area contributed by atoms with Crippen molar-refractivity contribution in [3.8, 4) is 0 Å². The maximum absolute atomic E-state index is 12.6. The van der Waals surface area contributed by atoms with Gasteiger partial charge in [0.25, 0.3) is 5.91 Å². The third kappa shape index (κ3) is 3.20. The Morgan fingerprint density at radius 1 is 1.04 bits per heavy atom. The van der Waals surface area contributed by atoms with E-state index in [1.165, 1.54) is 6.07 Å². The molecule has 1 amide bonds. The number of anilines is 1. The van der Waals surface area contributed by atoms with Crippen LogP contribution in [-0.4, -0.2) is 10.9 Å². The predicted molar refractivity (Wildman–Crippen MR) is 109 cm³/mol. The van der Waals surface area contributed by atoms with E-state index in [9.17, 15) is 14.4 Å². The van der Waals surface area contributed by atoms with Crippen molar-refractivity contribution in [3.05, 3.63) is 86.5 Å². The molecular weight excluding hydrogens is 356 g/mol. The standard InChI is InChI=1S/C22H18N2O4/c1-12(2)16-11-20(25)24-18-10-14(7-8-15(16)18)23-21(26)17-9-13-5-3-4-6-19(13)28-22(17)27/h3-12H,1-2H3,(H,23,26)(H,24,25). The Morgan fingerprint density at radius 3 is 2.61 bits per heavy atom. The molecule has 140 valence electrons. The molecule has 0 aliphatic carbocycles. The average Bonchev–Trinajstić information content (AvgIpc) is 2.66. The maximum atomic E-state index is 12.6. The Kier molecular flexibility index (Phi) is 4.31. The first kappa shape index (κ1) is 17.7. The van der Waals surface area contributed by atoms with Crippen LogP contribution >= 0.6 is 0 Å². The quantitative estimate of drug-likeness (QED) is 0.530. The number of para-hydroxylation sites is 1. The second kappa shape index (κ2) is 6.81. The van der Waals surface area contributed by atoms with Gasteiger partial charge in [-0.3, -0.25) is 9.59 Å². The van der Waals surface area contributed by atoms with Gasteiger partial charge in [0.15, 0.2) is 0 Å². The zero-order valence-corrected chi connectivity index (χ0v) is 15.4. The van der Waals surface area contributed by atoms with Crippen LogP contribution < -0.4 is 16.5 Å². The molecule has 0 aliphatic rings. The molecule has 0 atom stereocenters. The van der Waals surface area contributed by atoms with Crippen molar-refractivity contribution < 1.29 is 9.21 Å². The fraction of sp³-hybridized carbons (Fsp3) is 0.136. The lowest BCUT2D eigenvalue weighted by Gasteiger charge is -2.11. The highest BCUT2D eigenvalue weighted by Crippen LogP contribution is 2.25. The normalized spacial score (nSPS) is 11.2. The van der Waals surface area contributed by atoms with Crippen LogP contribution in [0.25, 0.3) is 21.9 Å². The number of carbonyl (C=O) groups excluding carboxylic acids is 1. The van der Waals surface area contributed by atoms with Crippen molar-refractivity contribution in [2.75, 3.05) is 5.32 Å². The number of hydrogen-bond donors (Lipinski definition) is 2. The Morgan fingerprint density at radius 2 is 1.82 bits per heavy atom. The van der Waals surface area contributed by atoms with E-state index < -0.39 is 11.5 Å². The maximum Gasteiger partial charge on any atom is 0.349 e. The summed E-state index contributed by atoms with van der Waals surface area (Å²) in [6, 6.07) is 15.4. The van der Waals surface area contributed by atoms with E-state index in [4.69, 9.17) is 4.42 Å². The molecule has 6 nitrogen and oxygen atoms in total. The topological polar surface area (TPSA) is 92.2 Å². The fourth-order valence-electron chi connectivity index (χ4n) is 3.26. The van der Waals surface area contributed by atoms with E-state index in [0.717, 1.165) is 10.9 Å². The van der Waals surface area contributed by atoms with Crippen LogP contribution in [0, 0.1) is 0 Å². The van der Waals surface area contributed by atoms with E-state index in [0.29, 0.717) is 22.2 Å². The van der Waals surface area contributed by atoms with E-state index in [1.807, 2.05) is 19.9 Å². The summed E-state index contributed by atoms with van der Waals surface area (Å²) in [5.74, 6) is -0.381. The minimum Gasteiger partial charge on any atom is -0.422 e. The van der Waals surface area contributed by atoms with E-state index in [1.54, 1.807) is 42.5 Å². The van der Waals surface area contributed by atoms with Gasteiger partial charge in [-0.15, -0.1) is 0 Å². The number of hydrogen-bond acceptors (Lipinski definition) is 4. The lowest BCUT2D eigenvalue weighted by Crippen LogP contribution is -2.20. The van der Waals surface area contributed by atoms with Gasteiger partial charge in [0.1, 0.15) is 11.1 Å². The largest absolute Gasteiger partial charge is 0.422 e. The van der Waals surface area contributed by atoms with Crippen LogP contribution in [0.4, 0.5) is 5.69 Å². The smallest absolute Gasteiger partial charge is 0.349 e. The van der Waals surface area contributed by atoms with Gasteiger partial charge in [0, 0.05) is 22.5 Å². The predicted octanol–water partition coefficient (Wildman–Crippen LogP) is 4.01. The summed E-state index contributed by atoms with van der Waals surface area (Å²) in [4.78, 5) is 39.5. The molecule has 0 aliphatic heterocycles. The fourth-order valence-corrected chi connectivity index (χ4v) is 3.26. The number of rotatable bonds is 3. The second-order valence-electron chi connectivity index (χ2n) is 6.94. The highest BCUT2D eigenvalue weighted by atomic mass is 16.4. The molecule has 2 heterocycles. The van der Waals surface area contributed by atoms with Gasteiger partial charge in [-0.2, -0.15) is 0 Å². The molecule has 4 rings (SSSR count). The summed E-state index contributed by atoms with van der Waals surface area (Å²) in [7, 11) is 0. The van der Waals surface area contributed by atoms with Crippen LogP contribution in [0.2, 0.25) is 0 Å². The molecule has 0 radical (unpaired) electrons. The van der Waals surface area contributed by atoms with Crippen molar-refractivity contribution >= 4 is 33.5 Å². The molecule has 0 unspecified atom stereocenters.